The average Bonchev–Trinajstić information content (AvgIpc) is 2.78. The minimum Gasteiger partial charge on any atom is -0.478 e. The predicted octanol–water partition coefficient (Wildman–Crippen LogP) is 4.32. The lowest BCUT2D eigenvalue weighted by atomic mass is 9.91. The number of carbonyl (C=O) groups excluding carboxylic acids is 2. The van der Waals surface area contributed by atoms with Crippen LogP contribution >= 0.6 is 23.5 Å². The molecule has 1 aromatic rings. The molecule has 34 heavy (non-hydrogen) atoms. The van der Waals surface area contributed by atoms with Crippen LogP contribution in [-0.2, 0) is 31.9 Å². The fourth-order valence-corrected chi connectivity index (χ4v) is 5.06. The van der Waals surface area contributed by atoms with Crippen molar-refractivity contribution in [3.8, 4) is 0 Å². The number of thioether (sulfide) groups is 2. The molecule has 1 aromatic carbocycles. The van der Waals surface area contributed by atoms with Crippen LogP contribution in [0, 0.1) is 0 Å². The van der Waals surface area contributed by atoms with Crippen LogP contribution < -0.4 is 0 Å². The molecule has 0 saturated heterocycles. The van der Waals surface area contributed by atoms with Gasteiger partial charge in [0.2, 0.25) is 0 Å². The Morgan fingerprint density at radius 2 is 1.29 bits per heavy atom. The van der Waals surface area contributed by atoms with Crippen molar-refractivity contribution in [1.82, 2.24) is 0 Å². The summed E-state index contributed by atoms with van der Waals surface area (Å²) in [6.45, 7) is 4.25. The van der Waals surface area contributed by atoms with Crippen LogP contribution in [0.4, 0.5) is 0 Å². The fraction of sp³-hybridized carbons (Fsp3) is 0.583. The van der Waals surface area contributed by atoms with Gasteiger partial charge in [0.25, 0.3) is 0 Å². The topological polar surface area (TPSA) is 127 Å². The summed E-state index contributed by atoms with van der Waals surface area (Å²) in [7, 11) is 0. The second-order valence-electron chi connectivity index (χ2n) is 7.28. The van der Waals surface area contributed by atoms with Gasteiger partial charge in [-0.2, -0.15) is 23.5 Å². The standard InChI is InChI=1S/C24H34O8S2/c1-3-31-20(25)11-15-33-13-5-7-17-9-10-19(23(27)28)22(24(29)30)18(17)8-6-14-34-16-12-21(26)32-4-2/h9-10H,3-8,11-16H2,1-2H3,(H,27,28)(H,29,30). The molecule has 2 N–H and O–H groups in total. The first-order valence-corrected chi connectivity index (χ1v) is 13.7. The van der Waals surface area contributed by atoms with Crippen LogP contribution in [0.1, 0.15) is 71.4 Å². The Morgan fingerprint density at radius 1 is 0.765 bits per heavy atom. The van der Waals surface area contributed by atoms with E-state index in [-0.39, 0.29) is 23.1 Å². The van der Waals surface area contributed by atoms with Gasteiger partial charge in [0.1, 0.15) is 0 Å². The maximum atomic E-state index is 11.9. The Bertz CT molecular complexity index is 825. The van der Waals surface area contributed by atoms with Crippen molar-refractivity contribution in [2.45, 2.75) is 52.4 Å². The van der Waals surface area contributed by atoms with Gasteiger partial charge in [-0.25, -0.2) is 9.59 Å². The van der Waals surface area contributed by atoms with Gasteiger partial charge >= 0.3 is 23.9 Å². The van der Waals surface area contributed by atoms with E-state index in [1.165, 1.54) is 6.07 Å². The molecular formula is C24H34O8S2. The molecule has 10 heteroatoms. The molecule has 0 fully saturated rings. The zero-order valence-corrected chi connectivity index (χ0v) is 21.4. The van der Waals surface area contributed by atoms with Gasteiger partial charge in [-0.1, -0.05) is 6.07 Å². The van der Waals surface area contributed by atoms with Gasteiger partial charge in [-0.3, -0.25) is 9.59 Å². The highest BCUT2D eigenvalue weighted by molar-refractivity contribution is 7.99. The van der Waals surface area contributed by atoms with Gasteiger partial charge in [0, 0.05) is 11.5 Å². The summed E-state index contributed by atoms with van der Waals surface area (Å²) in [5.41, 5.74) is 1.06. The highest BCUT2D eigenvalue weighted by atomic mass is 32.2. The van der Waals surface area contributed by atoms with Gasteiger partial charge in [0.15, 0.2) is 0 Å². The molecule has 190 valence electrons. The molecule has 0 amide bonds. The summed E-state index contributed by atoms with van der Waals surface area (Å²) in [5.74, 6) is -0.156. The second kappa shape index (κ2) is 17.3. The number of aryl methyl sites for hydroxylation is 1. The first-order chi connectivity index (χ1) is 16.3. The van der Waals surface area contributed by atoms with Crippen LogP contribution in [0.2, 0.25) is 0 Å². The Balaban J connectivity index is 2.72. The number of carbonyl (C=O) groups is 4. The third-order valence-electron chi connectivity index (χ3n) is 4.82. The van der Waals surface area contributed by atoms with Crippen molar-refractivity contribution in [1.29, 1.82) is 0 Å². The van der Waals surface area contributed by atoms with Gasteiger partial charge in [-0.05, 0) is 68.2 Å². The molecule has 0 bridgehead atoms. The monoisotopic (exact) mass is 514 g/mol. The zero-order chi connectivity index (χ0) is 25.3. The number of aromatic carboxylic acids is 2. The predicted molar refractivity (Wildman–Crippen MR) is 134 cm³/mol. The van der Waals surface area contributed by atoms with Gasteiger partial charge < -0.3 is 19.7 Å². The molecule has 0 aliphatic heterocycles. The van der Waals surface area contributed by atoms with Crippen LogP contribution in [0.15, 0.2) is 12.1 Å². The Morgan fingerprint density at radius 3 is 1.76 bits per heavy atom. The van der Waals surface area contributed by atoms with Crippen LogP contribution in [0.25, 0.3) is 0 Å². The summed E-state index contributed by atoms with van der Waals surface area (Å²) in [5, 5.41) is 19.2. The first kappa shape index (κ1) is 29.8. The molecule has 0 unspecified atom stereocenters. The average molecular weight is 515 g/mol. The fourth-order valence-electron chi connectivity index (χ4n) is 3.33. The van der Waals surface area contributed by atoms with Gasteiger partial charge in [0.05, 0.1) is 37.2 Å². The first-order valence-electron chi connectivity index (χ1n) is 11.4. The van der Waals surface area contributed by atoms with Crippen molar-refractivity contribution >= 4 is 47.4 Å². The summed E-state index contributed by atoms with van der Waals surface area (Å²) >= 11 is 3.22. The SMILES string of the molecule is CCOC(=O)CCSCCCc1ccc(C(=O)O)c(C(=O)O)c1CCCSCCC(=O)OCC. The molecule has 0 saturated carbocycles. The molecule has 0 heterocycles. The van der Waals surface area contributed by atoms with Crippen molar-refractivity contribution in [3.05, 3.63) is 34.4 Å². The molecule has 0 aliphatic rings. The van der Waals surface area contributed by atoms with Crippen LogP contribution in [0.3, 0.4) is 0 Å². The van der Waals surface area contributed by atoms with E-state index in [0.29, 0.717) is 62.4 Å². The Kier molecular flexibility index (Phi) is 15.1. The number of carboxylic acid groups (broad SMARTS) is 2. The quantitative estimate of drug-likeness (QED) is 0.216. The summed E-state index contributed by atoms with van der Waals surface area (Å²) in [6, 6.07) is 3.08. The minimum absolute atomic E-state index is 0.142. The number of esters is 2. The molecule has 0 aliphatic carbocycles. The molecule has 8 nitrogen and oxygen atoms in total. The number of hydrogen-bond acceptors (Lipinski definition) is 8. The van der Waals surface area contributed by atoms with Crippen molar-refractivity contribution in [3.63, 3.8) is 0 Å². The van der Waals surface area contributed by atoms with E-state index in [0.717, 1.165) is 23.5 Å². The molecule has 1 rings (SSSR count). The van der Waals surface area contributed by atoms with E-state index in [2.05, 4.69) is 0 Å². The number of ether oxygens (including phenoxy) is 2. The van der Waals surface area contributed by atoms with E-state index in [9.17, 15) is 29.4 Å². The third kappa shape index (κ3) is 11.3. The van der Waals surface area contributed by atoms with Gasteiger partial charge in [-0.15, -0.1) is 0 Å². The maximum Gasteiger partial charge on any atom is 0.336 e. The largest absolute Gasteiger partial charge is 0.478 e. The van der Waals surface area contributed by atoms with Crippen molar-refractivity contribution in [2.24, 2.45) is 0 Å². The molecule has 0 spiro atoms. The molecule has 0 radical (unpaired) electrons. The number of benzene rings is 1. The summed E-state index contributed by atoms with van der Waals surface area (Å²) < 4.78 is 9.80. The van der Waals surface area contributed by atoms with E-state index in [1.807, 2.05) is 0 Å². The van der Waals surface area contributed by atoms with E-state index >= 15 is 0 Å². The van der Waals surface area contributed by atoms with E-state index < -0.39 is 11.9 Å². The normalized spacial score (nSPS) is 10.6. The van der Waals surface area contributed by atoms with Crippen molar-refractivity contribution < 1.29 is 38.9 Å². The Labute approximate surface area is 209 Å². The highest BCUT2D eigenvalue weighted by Gasteiger charge is 2.22. The lowest BCUT2D eigenvalue weighted by Gasteiger charge is -2.15. The number of rotatable bonds is 18. The molecule has 0 atom stereocenters. The smallest absolute Gasteiger partial charge is 0.336 e. The highest BCUT2D eigenvalue weighted by Crippen LogP contribution is 2.24. The molecular weight excluding hydrogens is 480 g/mol. The van der Waals surface area contributed by atoms with Crippen LogP contribution in [-0.4, -0.2) is 70.3 Å². The Hall–Kier alpha value is -2.20. The maximum absolute atomic E-state index is 11.9. The number of hydrogen-bond donors (Lipinski definition) is 2. The number of carboxylic acids is 2. The minimum atomic E-state index is -1.26. The zero-order valence-electron chi connectivity index (χ0n) is 19.8. The summed E-state index contributed by atoms with van der Waals surface area (Å²) in [6.07, 6.45) is 3.19. The molecule has 0 aromatic heterocycles. The lowest BCUT2D eigenvalue weighted by Crippen LogP contribution is -2.14. The second-order valence-corrected chi connectivity index (χ2v) is 9.73. The van der Waals surface area contributed by atoms with E-state index in [1.54, 1.807) is 43.4 Å². The van der Waals surface area contributed by atoms with E-state index in [4.69, 9.17) is 9.47 Å². The van der Waals surface area contributed by atoms with Crippen LogP contribution in [0.5, 0.6) is 0 Å². The summed E-state index contributed by atoms with van der Waals surface area (Å²) in [4.78, 5) is 46.3. The lowest BCUT2D eigenvalue weighted by molar-refractivity contribution is -0.143. The third-order valence-corrected chi connectivity index (χ3v) is 6.96. The van der Waals surface area contributed by atoms with Crippen molar-refractivity contribution in [2.75, 3.05) is 36.2 Å².